The molecule has 1 amide bonds. The zero-order chi connectivity index (χ0) is 13.0. The zero-order valence-corrected chi connectivity index (χ0v) is 11.0. The fourth-order valence-corrected chi connectivity index (χ4v) is 2.65. The molecule has 0 unspecified atom stereocenters. The average molecular weight is 246 g/mol. The summed E-state index contributed by atoms with van der Waals surface area (Å²) in [4.78, 5) is 12.0. The van der Waals surface area contributed by atoms with Crippen LogP contribution in [-0.2, 0) is 4.79 Å². The first-order valence-corrected chi connectivity index (χ1v) is 6.81. The van der Waals surface area contributed by atoms with Gasteiger partial charge in [-0.1, -0.05) is 25.3 Å². The second-order valence-corrected chi connectivity index (χ2v) is 5.35. The number of carbonyl (C=O) groups is 1. The lowest BCUT2D eigenvalue weighted by atomic mass is 9.87. The second kappa shape index (κ2) is 5.89. The zero-order valence-electron chi connectivity index (χ0n) is 11.0. The van der Waals surface area contributed by atoms with Crippen LogP contribution in [0.4, 0.5) is 11.4 Å². The highest BCUT2D eigenvalue weighted by molar-refractivity contribution is 5.94. The molecule has 0 radical (unpaired) electrons. The molecule has 0 atom stereocenters. The number of aryl methyl sites for hydroxylation is 1. The van der Waals surface area contributed by atoms with Gasteiger partial charge in [0.1, 0.15) is 0 Å². The van der Waals surface area contributed by atoms with Crippen molar-refractivity contribution in [3.63, 3.8) is 0 Å². The normalized spacial score (nSPS) is 16.5. The summed E-state index contributed by atoms with van der Waals surface area (Å²) in [6, 6.07) is 5.73. The highest BCUT2D eigenvalue weighted by Gasteiger charge is 2.17. The van der Waals surface area contributed by atoms with Crippen LogP contribution in [-0.4, -0.2) is 5.91 Å². The summed E-state index contributed by atoms with van der Waals surface area (Å²) in [7, 11) is 0. The van der Waals surface area contributed by atoms with Gasteiger partial charge >= 0.3 is 0 Å². The van der Waals surface area contributed by atoms with Crippen molar-refractivity contribution in [2.75, 3.05) is 11.1 Å². The lowest BCUT2D eigenvalue weighted by molar-refractivity contribution is -0.117. The van der Waals surface area contributed by atoms with E-state index in [4.69, 9.17) is 5.73 Å². The first-order chi connectivity index (χ1) is 8.65. The lowest BCUT2D eigenvalue weighted by Crippen LogP contribution is -2.18. The Labute approximate surface area is 109 Å². The summed E-state index contributed by atoms with van der Waals surface area (Å²) in [5.74, 6) is 0.655. The van der Waals surface area contributed by atoms with Crippen molar-refractivity contribution in [1.82, 2.24) is 0 Å². The van der Waals surface area contributed by atoms with Crippen LogP contribution in [0.5, 0.6) is 0 Å². The molecule has 1 aromatic carbocycles. The second-order valence-electron chi connectivity index (χ2n) is 5.35. The van der Waals surface area contributed by atoms with E-state index in [1.807, 2.05) is 25.1 Å². The molecule has 18 heavy (non-hydrogen) atoms. The van der Waals surface area contributed by atoms with Gasteiger partial charge in [-0.05, 0) is 43.4 Å². The van der Waals surface area contributed by atoms with Crippen LogP contribution in [0, 0.1) is 12.8 Å². The van der Waals surface area contributed by atoms with Crippen molar-refractivity contribution in [1.29, 1.82) is 0 Å². The third-order valence-electron chi connectivity index (χ3n) is 3.68. The number of nitrogens with one attached hydrogen (secondary N) is 1. The van der Waals surface area contributed by atoms with Crippen molar-refractivity contribution in [2.45, 2.75) is 45.4 Å². The van der Waals surface area contributed by atoms with Crippen LogP contribution >= 0.6 is 0 Å². The first kappa shape index (κ1) is 12.9. The van der Waals surface area contributed by atoms with Gasteiger partial charge in [0.25, 0.3) is 0 Å². The van der Waals surface area contributed by atoms with Crippen molar-refractivity contribution in [3.8, 4) is 0 Å². The summed E-state index contributed by atoms with van der Waals surface area (Å²) in [5, 5.41) is 2.92. The molecule has 0 heterocycles. The first-order valence-electron chi connectivity index (χ1n) is 6.81. The monoisotopic (exact) mass is 246 g/mol. The van der Waals surface area contributed by atoms with Gasteiger partial charge in [0.2, 0.25) is 5.91 Å². The molecule has 1 aliphatic rings. The van der Waals surface area contributed by atoms with E-state index >= 15 is 0 Å². The molecule has 0 bridgehead atoms. The molecule has 2 rings (SSSR count). The summed E-state index contributed by atoms with van der Waals surface area (Å²) in [5.41, 5.74) is 8.38. The Bertz CT molecular complexity index is 423. The molecule has 98 valence electrons. The van der Waals surface area contributed by atoms with Gasteiger partial charge in [0.05, 0.1) is 11.4 Å². The Morgan fingerprint density at radius 1 is 1.33 bits per heavy atom. The number of amides is 1. The van der Waals surface area contributed by atoms with Gasteiger partial charge in [-0.3, -0.25) is 4.79 Å². The number of nitrogens with two attached hydrogens (primary N) is 1. The summed E-state index contributed by atoms with van der Waals surface area (Å²) < 4.78 is 0. The van der Waals surface area contributed by atoms with E-state index < -0.39 is 0 Å². The molecular formula is C15H22N2O. The van der Waals surface area contributed by atoms with Crippen LogP contribution in [0.3, 0.4) is 0 Å². The van der Waals surface area contributed by atoms with Crippen molar-refractivity contribution in [2.24, 2.45) is 5.92 Å². The molecule has 1 aromatic rings. The molecule has 3 N–H and O–H groups in total. The van der Waals surface area contributed by atoms with Gasteiger partial charge in [0.15, 0.2) is 0 Å². The van der Waals surface area contributed by atoms with E-state index in [0.29, 0.717) is 18.0 Å². The number of anilines is 2. The van der Waals surface area contributed by atoms with E-state index in [1.54, 1.807) is 0 Å². The molecule has 0 aliphatic heterocycles. The molecule has 3 heteroatoms. The van der Waals surface area contributed by atoms with Gasteiger partial charge in [-0.15, -0.1) is 0 Å². The van der Waals surface area contributed by atoms with Gasteiger partial charge in [-0.25, -0.2) is 0 Å². The van der Waals surface area contributed by atoms with Gasteiger partial charge in [0, 0.05) is 6.42 Å². The maximum Gasteiger partial charge on any atom is 0.224 e. The Morgan fingerprint density at radius 2 is 2.06 bits per heavy atom. The van der Waals surface area contributed by atoms with E-state index in [9.17, 15) is 4.79 Å². The van der Waals surface area contributed by atoms with E-state index in [0.717, 1.165) is 11.3 Å². The molecular weight excluding hydrogens is 224 g/mol. The van der Waals surface area contributed by atoms with Gasteiger partial charge in [-0.2, -0.15) is 0 Å². The average Bonchev–Trinajstić information content (AvgIpc) is 2.34. The molecule has 0 spiro atoms. The van der Waals surface area contributed by atoms with Crippen molar-refractivity contribution in [3.05, 3.63) is 23.8 Å². The number of hydrogen-bond donors (Lipinski definition) is 2. The smallest absolute Gasteiger partial charge is 0.224 e. The number of hydrogen-bond acceptors (Lipinski definition) is 2. The van der Waals surface area contributed by atoms with Crippen molar-refractivity contribution < 1.29 is 4.79 Å². The van der Waals surface area contributed by atoms with Crippen LogP contribution < -0.4 is 11.1 Å². The Balaban J connectivity index is 1.90. The highest BCUT2D eigenvalue weighted by atomic mass is 16.1. The van der Waals surface area contributed by atoms with Crippen molar-refractivity contribution >= 4 is 17.3 Å². The topological polar surface area (TPSA) is 55.1 Å². The molecule has 0 aromatic heterocycles. The van der Waals surface area contributed by atoms with Crippen LogP contribution in [0.15, 0.2) is 18.2 Å². The fraction of sp³-hybridized carbons (Fsp3) is 0.533. The quantitative estimate of drug-likeness (QED) is 0.802. The minimum absolute atomic E-state index is 0.0949. The lowest BCUT2D eigenvalue weighted by Gasteiger charge is -2.21. The predicted octanol–water partition coefficient (Wildman–Crippen LogP) is 3.49. The standard InChI is InChI=1S/C15H22N2O/c1-11-7-8-14(13(16)9-11)17-15(18)10-12-5-3-2-4-6-12/h7-9,12H,2-6,10,16H2,1H3,(H,17,18). The third kappa shape index (κ3) is 3.49. The van der Waals surface area contributed by atoms with Crippen LogP contribution in [0.2, 0.25) is 0 Å². The van der Waals surface area contributed by atoms with Crippen LogP contribution in [0.25, 0.3) is 0 Å². The van der Waals surface area contributed by atoms with E-state index in [1.165, 1.54) is 32.1 Å². The number of nitrogen functional groups attached to an aromatic ring is 1. The Morgan fingerprint density at radius 3 is 2.72 bits per heavy atom. The summed E-state index contributed by atoms with van der Waals surface area (Å²) >= 11 is 0. The Hall–Kier alpha value is -1.51. The minimum atomic E-state index is 0.0949. The molecule has 1 aliphatic carbocycles. The third-order valence-corrected chi connectivity index (χ3v) is 3.68. The van der Waals surface area contributed by atoms with E-state index in [2.05, 4.69) is 5.32 Å². The van der Waals surface area contributed by atoms with Crippen LogP contribution in [0.1, 0.15) is 44.1 Å². The summed E-state index contributed by atoms with van der Waals surface area (Å²) in [6.45, 7) is 1.99. The molecule has 3 nitrogen and oxygen atoms in total. The maximum atomic E-state index is 12.0. The minimum Gasteiger partial charge on any atom is -0.397 e. The molecule has 0 saturated heterocycles. The number of rotatable bonds is 3. The Kier molecular flexibility index (Phi) is 4.24. The molecule has 1 saturated carbocycles. The SMILES string of the molecule is Cc1ccc(NC(=O)CC2CCCCC2)c(N)c1. The number of carbonyl (C=O) groups excluding carboxylic acids is 1. The fourth-order valence-electron chi connectivity index (χ4n) is 2.65. The summed E-state index contributed by atoms with van der Waals surface area (Å²) in [6.07, 6.45) is 6.87. The predicted molar refractivity (Wildman–Crippen MR) is 75.4 cm³/mol. The number of benzene rings is 1. The maximum absolute atomic E-state index is 12.0. The van der Waals surface area contributed by atoms with E-state index in [-0.39, 0.29) is 5.91 Å². The molecule has 1 fully saturated rings. The largest absolute Gasteiger partial charge is 0.397 e. The van der Waals surface area contributed by atoms with Gasteiger partial charge < -0.3 is 11.1 Å². The highest BCUT2D eigenvalue weighted by Crippen LogP contribution is 2.27.